The second-order valence-corrected chi connectivity index (χ2v) is 3.71. The van der Waals surface area contributed by atoms with Crippen molar-refractivity contribution in [1.29, 1.82) is 0 Å². The summed E-state index contributed by atoms with van der Waals surface area (Å²) >= 11 is 5.89. The van der Waals surface area contributed by atoms with Crippen LogP contribution in [-0.2, 0) is 6.54 Å². The summed E-state index contributed by atoms with van der Waals surface area (Å²) in [5.74, 6) is 0. The molecule has 2 rings (SSSR count). The van der Waals surface area contributed by atoms with Crippen LogP contribution in [0.3, 0.4) is 0 Å². The van der Waals surface area contributed by atoms with E-state index in [2.05, 4.69) is 4.98 Å². The zero-order valence-electron chi connectivity index (χ0n) is 7.92. The molecule has 0 amide bonds. The lowest BCUT2D eigenvalue weighted by Crippen LogP contribution is -2.00. The second kappa shape index (κ2) is 3.56. The van der Waals surface area contributed by atoms with Gasteiger partial charge in [-0.15, -0.1) is 0 Å². The molecule has 14 heavy (non-hydrogen) atoms. The molecule has 3 heteroatoms. The Hall–Kier alpha value is -1.12. The highest BCUT2D eigenvalue weighted by Crippen LogP contribution is 2.20. The SMILES string of the molecule is Cc1nc2ccc(Cl)cc2cc1CN. The van der Waals surface area contributed by atoms with Crippen molar-refractivity contribution in [2.45, 2.75) is 13.5 Å². The molecule has 0 aliphatic carbocycles. The van der Waals surface area contributed by atoms with E-state index >= 15 is 0 Å². The van der Waals surface area contributed by atoms with Crippen molar-refractivity contribution in [2.75, 3.05) is 0 Å². The third-order valence-corrected chi connectivity index (χ3v) is 2.53. The fourth-order valence-electron chi connectivity index (χ4n) is 1.49. The van der Waals surface area contributed by atoms with E-state index in [4.69, 9.17) is 17.3 Å². The summed E-state index contributed by atoms with van der Waals surface area (Å²) in [6.45, 7) is 2.48. The third kappa shape index (κ3) is 1.59. The van der Waals surface area contributed by atoms with Gasteiger partial charge in [-0.05, 0) is 36.8 Å². The zero-order valence-corrected chi connectivity index (χ0v) is 8.67. The molecule has 0 saturated heterocycles. The first-order valence-corrected chi connectivity index (χ1v) is 4.84. The summed E-state index contributed by atoms with van der Waals surface area (Å²) in [5, 5.41) is 1.77. The molecular weight excluding hydrogens is 196 g/mol. The highest BCUT2D eigenvalue weighted by molar-refractivity contribution is 6.31. The lowest BCUT2D eigenvalue weighted by Gasteiger charge is -2.05. The van der Waals surface area contributed by atoms with Crippen LogP contribution in [0, 0.1) is 6.92 Å². The van der Waals surface area contributed by atoms with Crippen LogP contribution in [0.1, 0.15) is 11.3 Å². The molecular formula is C11H11ClN2. The summed E-state index contributed by atoms with van der Waals surface area (Å²) < 4.78 is 0. The van der Waals surface area contributed by atoms with E-state index in [1.54, 1.807) is 0 Å². The van der Waals surface area contributed by atoms with Gasteiger partial charge in [0.1, 0.15) is 0 Å². The molecule has 0 fully saturated rings. The monoisotopic (exact) mass is 206 g/mol. The van der Waals surface area contributed by atoms with Gasteiger partial charge in [-0.2, -0.15) is 0 Å². The Morgan fingerprint density at radius 1 is 1.36 bits per heavy atom. The molecule has 1 aromatic heterocycles. The van der Waals surface area contributed by atoms with E-state index < -0.39 is 0 Å². The summed E-state index contributed by atoms with van der Waals surface area (Å²) in [6, 6.07) is 7.72. The molecule has 1 aromatic carbocycles. The fourth-order valence-corrected chi connectivity index (χ4v) is 1.67. The quantitative estimate of drug-likeness (QED) is 0.779. The van der Waals surface area contributed by atoms with Gasteiger partial charge in [0.2, 0.25) is 0 Å². The fraction of sp³-hybridized carbons (Fsp3) is 0.182. The van der Waals surface area contributed by atoms with Gasteiger partial charge in [0.05, 0.1) is 5.52 Å². The molecule has 2 aromatic rings. The van der Waals surface area contributed by atoms with Crippen LogP contribution >= 0.6 is 11.6 Å². The maximum absolute atomic E-state index is 5.89. The van der Waals surface area contributed by atoms with Crippen molar-refractivity contribution >= 4 is 22.5 Å². The van der Waals surface area contributed by atoms with Crippen LogP contribution < -0.4 is 5.73 Å². The molecule has 0 unspecified atom stereocenters. The van der Waals surface area contributed by atoms with Gasteiger partial charge in [0.25, 0.3) is 0 Å². The number of pyridine rings is 1. The standard InChI is InChI=1S/C11H11ClN2/c1-7-9(6-13)4-8-5-10(12)2-3-11(8)14-7/h2-5H,6,13H2,1H3. The Kier molecular flexibility index (Phi) is 2.40. The Labute approximate surface area is 87.7 Å². The highest BCUT2D eigenvalue weighted by Gasteiger charge is 2.01. The van der Waals surface area contributed by atoms with Gasteiger partial charge in [0.15, 0.2) is 0 Å². The number of aromatic nitrogens is 1. The minimum atomic E-state index is 0.515. The lowest BCUT2D eigenvalue weighted by molar-refractivity contribution is 1.02. The first-order valence-electron chi connectivity index (χ1n) is 4.46. The number of halogens is 1. The van der Waals surface area contributed by atoms with Gasteiger partial charge in [-0.1, -0.05) is 11.6 Å². The largest absolute Gasteiger partial charge is 0.326 e. The highest BCUT2D eigenvalue weighted by atomic mass is 35.5. The Balaban J connectivity index is 2.73. The smallest absolute Gasteiger partial charge is 0.0706 e. The summed E-state index contributed by atoms with van der Waals surface area (Å²) in [7, 11) is 0. The zero-order chi connectivity index (χ0) is 10.1. The van der Waals surface area contributed by atoms with Crippen LogP contribution in [0.4, 0.5) is 0 Å². The molecule has 0 aliphatic heterocycles. The van der Waals surface area contributed by atoms with Crippen molar-refractivity contribution in [3.8, 4) is 0 Å². The number of aryl methyl sites for hydroxylation is 1. The minimum absolute atomic E-state index is 0.515. The molecule has 0 atom stereocenters. The van der Waals surface area contributed by atoms with E-state index in [0.717, 1.165) is 27.2 Å². The van der Waals surface area contributed by atoms with Crippen LogP contribution in [0.15, 0.2) is 24.3 Å². The van der Waals surface area contributed by atoms with Gasteiger partial charge in [-0.25, -0.2) is 0 Å². The average molecular weight is 207 g/mol. The van der Waals surface area contributed by atoms with Gasteiger partial charge < -0.3 is 5.73 Å². The van der Waals surface area contributed by atoms with E-state index in [-0.39, 0.29) is 0 Å². The lowest BCUT2D eigenvalue weighted by atomic mass is 10.1. The van der Waals surface area contributed by atoms with E-state index in [1.165, 1.54) is 0 Å². The Bertz CT molecular complexity index is 480. The van der Waals surface area contributed by atoms with Crippen molar-refractivity contribution in [1.82, 2.24) is 4.98 Å². The first kappa shape index (κ1) is 9.44. The maximum Gasteiger partial charge on any atom is 0.0706 e. The third-order valence-electron chi connectivity index (χ3n) is 2.29. The number of hydrogen-bond donors (Lipinski definition) is 1. The Morgan fingerprint density at radius 2 is 2.14 bits per heavy atom. The number of nitrogens with zero attached hydrogens (tertiary/aromatic N) is 1. The number of benzene rings is 1. The number of nitrogens with two attached hydrogens (primary N) is 1. The summed E-state index contributed by atoms with van der Waals surface area (Å²) in [5.41, 5.74) is 8.63. The predicted octanol–water partition coefficient (Wildman–Crippen LogP) is 2.66. The minimum Gasteiger partial charge on any atom is -0.326 e. The second-order valence-electron chi connectivity index (χ2n) is 3.27. The van der Waals surface area contributed by atoms with Crippen LogP contribution in [-0.4, -0.2) is 4.98 Å². The molecule has 72 valence electrons. The van der Waals surface area contributed by atoms with E-state index in [9.17, 15) is 0 Å². The van der Waals surface area contributed by atoms with Crippen molar-refractivity contribution in [2.24, 2.45) is 5.73 Å². The molecule has 2 N–H and O–H groups in total. The number of rotatable bonds is 1. The molecule has 0 bridgehead atoms. The van der Waals surface area contributed by atoms with E-state index in [0.29, 0.717) is 6.54 Å². The molecule has 0 radical (unpaired) electrons. The maximum atomic E-state index is 5.89. The number of fused-ring (bicyclic) bond motifs is 1. The molecule has 0 aliphatic rings. The Morgan fingerprint density at radius 3 is 2.86 bits per heavy atom. The number of hydrogen-bond acceptors (Lipinski definition) is 2. The topological polar surface area (TPSA) is 38.9 Å². The van der Waals surface area contributed by atoms with Crippen molar-refractivity contribution < 1.29 is 0 Å². The first-order chi connectivity index (χ1) is 6.70. The van der Waals surface area contributed by atoms with Crippen LogP contribution in [0.2, 0.25) is 5.02 Å². The van der Waals surface area contributed by atoms with Crippen molar-refractivity contribution in [3.63, 3.8) is 0 Å². The molecule has 2 nitrogen and oxygen atoms in total. The van der Waals surface area contributed by atoms with Gasteiger partial charge >= 0.3 is 0 Å². The molecule has 1 heterocycles. The van der Waals surface area contributed by atoms with Crippen LogP contribution in [0.25, 0.3) is 10.9 Å². The average Bonchev–Trinajstić information content (AvgIpc) is 2.17. The van der Waals surface area contributed by atoms with E-state index in [1.807, 2.05) is 31.2 Å². The summed E-state index contributed by atoms with van der Waals surface area (Å²) in [4.78, 5) is 4.45. The van der Waals surface area contributed by atoms with Gasteiger partial charge in [-0.3, -0.25) is 4.98 Å². The summed E-state index contributed by atoms with van der Waals surface area (Å²) in [6.07, 6.45) is 0. The van der Waals surface area contributed by atoms with Crippen LogP contribution in [0.5, 0.6) is 0 Å². The van der Waals surface area contributed by atoms with Crippen molar-refractivity contribution in [3.05, 3.63) is 40.5 Å². The van der Waals surface area contributed by atoms with Gasteiger partial charge in [0, 0.05) is 22.6 Å². The molecule has 0 spiro atoms. The predicted molar refractivity (Wildman–Crippen MR) is 59.4 cm³/mol. The normalized spacial score (nSPS) is 10.8. The molecule has 0 saturated carbocycles.